The minimum Gasteiger partial charge on any atom is -0.352 e. The van der Waals surface area contributed by atoms with Crippen LogP contribution >= 0.6 is 23.1 Å². The number of hydrogen-bond donors (Lipinski definition) is 3. The summed E-state index contributed by atoms with van der Waals surface area (Å²) >= 11 is 7.45. The predicted molar refractivity (Wildman–Crippen MR) is 125 cm³/mol. The summed E-state index contributed by atoms with van der Waals surface area (Å²) in [6.45, 7) is -0.247. The standard InChI is InChI=1S/C22H16ClFN6O3S/c1-25-22(33)20-27-19(28-21(32)16-10-5-2-3-8-13(10)34-29-16)18-17(26-14(31)9-30(18)20)15-11(23)6-4-7-12(15)24/h2-8,17H,9H2,1H3,(H,25,33)(H,26,31)(H,28,32)/t17-/m1/s1. The van der Waals surface area contributed by atoms with Crippen molar-refractivity contribution in [1.29, 1.82) is 0 Å². The summed E-state index contributed by atoms with van der Waals surface area (Å²) in [4.78, 5) is 42.5. The van der Waals surface area contributed by atoms with Crippen molar-refractivity contribution >= 4 is 56.8 Å². The van der Waals surface area contributed by atoms with E-state index >= 15 is 0 Å². The van der Waals surface area contributed by atoms with Crippen LogP contribution in [0.5, 0.6) is 0 Å². The quantitative estimate of drug-likeness (QED) is 0.399. The minimum absolute atomic E-state index is 0.00331. The molecule has 2 aromatic carbocycles. The van der Waals surface area contributed by atoms with Gasteiger partial charge >= 0.3 is 0 Å². The van der Waals surface area contributed by atoms with Crippen LogP contribution in [0.25, 0.3) is 10.1 Å². The Balaban J connectivity index is 1.66. The normalized spacial score (nSPS) is 15.0. The SMILES string of the molecule is CNC(=O)c1nc(NC(=O)c2nsc3ccccc23)c2n1CC(=O)N[C@@H]2c1c(F)cccc1Cl. The Bertz CT molecular complexity index is 1460. The van der Waals surface area contributed by atoms with Crippen molar-refractivity contribution in [1.82, 2.24) is 24.6 Å². The Kier molecular flexibility index (Phi) is 5.50. The molecule has 1 aliphatic rings. The van der Waals surface area contributed by atoms with Crippen LogP contribution in [0.3, 0.4) is 0 Å². The van der Waals surface area contributed by atoms with Crippen LogP contribution in [-0.4, -0.2) is 38.7 Å². The van der Waals surface area contributed by atoms with Gasteiger partial charge in [0.1, 0.15) is 24.1 Å². The van der Waals surface area contributed by atoms with E-state index in [4.69, 9.17) is 11.6 Å². The van der Waals surface area contributed by atoms with E-state index in [-0.39, 0.29) is 40.2 Å². The molecule has 1 aliphatic heterocycles. The molecule has 3 N–H and O–H groups in total. The van der Waals surface area contributed by atoms with Crippen molar-refractivity contribution in [2.45, 2.75) is 12.6 Å². The average Bonchev–Trinajstić information content (AvgIpc) is 3.40. The molecule has 0 aliphatic carbocycles. The molecule has 1 atom stereocenters. The summed E-state index contributed by atoms with van der Waals surface area (Å²) in [6.07, 6.45) is 0. The van der Waals surface area contributed by atoms with Crippen LogP contribution in [-0.2, 0) is 11.3 Å². The molecule has 0 fully saturated rings. The van der Waals surface area contributed by atoms with E-state index < -0.39 is 29.6 Å². The lowest BCUT2D eigenvalue weighted by Crippen LogP contribution is -2.41. The zero-order valence-corrected chi connectivity index (χ0v) is 19.1. The molecule has 34 heavy (non-hydrogen) atoms. The van der Waals surface area contributed by atoms with Crippen LogP contribution in [0.4, 0.5) is 10.2 Å². The lowest BCUT2D eigenvalue weighted by molar-refractivity contribution is -0.123. The summed E-state index contributed by atoms with van der Waals surface area (Å²) in [6, 6.07) is 10.3. The maximum absolute atomic E-state index is 14.8. The molecule has 3 heterocycles. The van der Waals surface area contributed by atoms with E-state index in [0.717, 1.165) is 4.70 Å². The van der Waals surface area contributed by atoms with Gasteiger partial charge in [0.2, 0.25) is 11.7 Å². The molecular weight excluding hydrogens is 483 g/mol. The Morgan fingerprint density at radius 3 is 2.76 bits per heavy atom. The van der Waals surface area contributed by atoms with Crippen molar-refractivity contribution in [3.8, 4) is 0 Å². The predicted octanol–water partition coefficient (Wildman–Crippen LogP) is 3.12. The van der Waals surface area contributed by atoms with E-state index in [1.54, 1.807) is 12.1 Å². The van der Waals surface area contributed by atoms with E-state index in [0.29, 0.717) is 5.39 Å². The molecule has 0 saturated carbocycles. The van der Waals surface area contributed by atoms with Gasteiger partial charge in [-0.3, -0.25) is 14.4 Å². The highest BCUT2D eigenvalue weighted by Gasteiger charge is 2.37. The zero-order valence-electron chi connectivity index (χ0n) is 17.6. The van der Waals surface area contributed by atoms with E-state index in [2.05, 4.69) is 25.3 Å². The monoisotopic (exact) mass is 498 g/mol. The lowest BCUT2D eigenvalue weighted by Gasteiger charge is -2.28. The number of imidazole rings is 1. The van der Waals surface area contributed by atoms with Gasteiger partial charge < -0.3 is 20.5 Å². The largest absolute Gasteiger partial charge is 0.352 e. The number of benzene rings is 2. The van der Waals surface area contributed by atoms with E-state index in [1.165, 1.54) is 41.3 Å². The van der Waals surface area contributed by atoms with Crippen LogP contribution in [0.2, 0.25) is 5.02 Å². The molecule has 0 bridgehead atoms. The van der Waals surface area contributed by atoms with Gasteiger partial charge in [-0.25, -0.2) is 9.37 Å². The zero-order chi connectivity index (χ0) is 24.0. The third kappa shape index (κ3) is 3.58. The topological polar surface area (TPSA) is 118 Å². The molecule has 5 rings (SSSR count). The summed E-state index contributed by atoms with van der Waals surface area (Å²) in [5.74, 6) is -2.38. The maximum Gasteiger partial charge on any atom is 0.287 e. The first-order valence-electron chi connectivity index (χ1n) is 10.1. The third-order valence-corrected chi connectivity index (χ3v) is 6.59. The summed E-state index contributed by atoms with van der Waals surface area (Å²) < 4.78 is 21.3. The number of nitrogens with zero attached hydrogens (tertiary/aromatic N) is 3. The van der Waals surface area contributed by atoms with Gasteiger partial charge in [-0.15, -0.1) is 0 Å². The Labute approximate surface area is 201 Å². The molecule has 172 valence electrons. The first-order valence-corrected chi connectivity index (χ1v) is 11.3. The van der Waals surface area contributed by atoms with Gasteiger partial charge in [0.15, 0.2) is 5.82 Å². The number of carbonyl (C=O) groups excluding carboxylic acids is 3. The van der Waals surface area contributed by atoms with E-state index in [1.807, 2.05) is 12.1 Å². The number of amides is 3. The number of carbonyl (C=O) groups is 3. The fraction of sp³-hybridized carbons (Fsp3) is 0.136. The second kappa shape index (κ2) is 8.50. The smallest absolute Gasteiger partial charge is 0.287 e. The molecule has 4 aromatic rings. The van der Waals surface area contributed by atoms with Gasteiger partial charge in [-0.05, 0) is 29.7 Å². The highest BCUT2D eigenvalue weighted by molar-refractivity contribution is 7.13. The molecule has 9 nitrogen and oxygen atoms in total. The first-order chi connectivity index (χ1) is 16.4. The fourth-order valence-corrected chi connectivity index (χ4v) is 4.97. The van der Waals surface area contributed by atoms with Gasteiger partial charge in [-0.2, -0.15) is 4.37 Å². The van der Waals surface area contributed by atoms with Crippen molar-refractivity contribution in [2.75, 3.05) is 12.4 Å². The maximum atomic E-state index is 14.8. The first kappa shape index (κ1) is 22.0. The van der Waals surface area contributed by atoms with Crippen LogP contribution in [0.15, 0.2) is 42.5 Å². The van der Waals surface area contributed by atoms with Gasteiger partial charge in [0.05, 0.1) is 10.4 Å². The van der Waals surface area contributed by atoms with Crippen LogP contribution in [0, 0.1) is 5.82 Å². The Morgan fingerprint density at radius 2 is 2.00 bits per heavy atom. The highest BCUT2D eigenvalue weighted by Crippen LogP contribution is 2.37. The second-order valence-corrected chi connectivity index (χ2v) is 8.66. The highest BCUT2D eigenvalue weighted by atomic mass is 35.5. The summed E-state index contributed by atoms with van der Waals surface area (Å²) in [5.41, 5.74) is 0.402. The molecule has 2 aromatic heterocycles. The number of nitrogens with one attached hydrogen (secondary N) is 3. The van der Waals surface area contributed by atoms with E-state index in [9.17, 15) is 18.8 Å². The van der Waals surface area contributed by atoms with Crippen molar-refractivity contribution in [2.24, 2.45) is 0 Å². The van der Waals surface area contributed by atoms with Crippen LogP contribution in [0.1, 0.15) is 38.4 Å². The number of rotatable bonds is 4. The fourth-order valence-electron chi connectivity index (χ4n) is 3.93. The summed E-state index contributed by atoms with van der Waals surface area (Å²) in [7, 11) is 1.41. The number of fused-ring (bicyclic) bond motifs is 2. The van der Waals surface area contributed by atoms with Crippen LogP contribution < -0.4 is 16.0 Å². The molecule has 0 spiro atoms. The number of anilines is 1. The number of aromatic nitrogens is 3. The van der Waals surface area contributed by atoms with Crippen molar-refractivity contribution in [3.63, 3.8) is 0 Å². The van der Waals surface area contributed by atoms with Gasteiger partial charge in [0, 0.05) is 23.0 Å². The number of halogens is 2. The Hall–Kier alpha value is -3.83. The minimum atomic E-state index is -1.09. The van der Waals surface area contributed by atoms with Crippen molar-refractivity contribution < 1.29 is 18.8 Å². The Morgan fingerprint density at radius 1 is 1.21 bits per heavy atom. The van der Waals surface area contributed by atoms with Gasteiger partial charge in [-0.1, -0.05) is 35.9 Å². The molecular formula is C22H16ClFN6O3S. The molecule has 12 heteroatoms. The molecule has 0 radical (unpaired) electrons. The molecule has 3 amide bonds. The number of hydrogen-bond acceptors (Lipinski definition) is 6. The lowest BCUT2D eigenvalue weighted by atomic mass is 10.0. The molecule has 0 saturated heterocycles. The molecule has 0 unspecified atom stereocenters. The average molecular weight is 499 g/mol. The van der Waals surface area contributed by atoms with Gasteiger partial charge in [0.25, 0.3) is 11.8 Å². The van der Waals surface area contributed by atoms with Crippen molar-refractivity contribution in [3.05, 3.63) is 76.1 Å². The summed E-state index contributed by atoms with van der Waals surface area (Å²) in [5, 5.41) is 8.59. The third-order valence-electron chi connectivity index (χ3n) is 5.43. The second-order valence-electron chi connectivity index (χ2n) is 7.45.